The van der Waals surface area contributed by atoms with Crippen molar-refractivity contribution in [2.45, 2.75) is 57.5 Å². The van der Waals surface area contributed by atoms with E-state index in [1.807, 2.05) is 10.7 Å². The Bertz CT molecular complexity index is 439. The Morgan fingerprint density at radius 1 is 1.33 bits per heavy atom. The van der Waals surface area contributed by atoms with Gasteiger partial charge in [0.2, 0.25) is 0 Å². The van der Waals surface area contributed by atoms with E-state index < -0.39 is 5.97 Å². The van der Waals surface area contributed by atoms with Crippen LogP contribution in [0.3, 0.4) is 0 Å². The molecule has 0 fully saturated rings. The molecule has 0 saturated carbocycles. The second-order valence-corrected chi connectivity index (χ2v) is 7.38. The number of carboxylic acids is 1. The van der Waals surface area contributed by atoms with Crippen LogP contribution >= 0.6 is 11.8 Å². The number of aromatic nitrogens is 2. The Morgan fingerprint density at radius 2 is 1.89 bits per heavy atom. The summed E-state index contributed by atoms with van der Waals surface area (Å²) >= 11 is 1.32. The van der Waals surface area contributed by atoms with Gasteiger partial charge in [-0.1, -0.05) is 32.5 Å². The minimum Gasteiger partial charge on any atom is -0.481 e. The van der Waals surface area contributed by atoms with Crippen molar-refractivity contribution in [1.29, 1.82) is 0 Å². The number of thioether (sulfide) groups is 1. The molecule has 0 unspecified atom stereocenters. The molecule has 0 aliphatic heterocycles. The SMILES string of the molecule is CC(C)(C)c1cc(SCC(=O)O)n(C(C)(C)C)n1. The first-order chi connectivity index (χ1) is 8.01. The fourth-order valence-corrected chi connectivity index (χ4v) is 2.35. The lowest BCUT2D eigenvalue weighted by atomic mass is 9.93. The van der Waals surface area contributed by atoms with Crippen molar-refractivity contribution in [2.24, 2.45) is 0 Å². The van der Waals surface area contributed by atoms with Gasteiger partial charge in [0.15, 0.2) is 0 Å². The van der Waals surface area contributed by atoms with Gasteiger partial charge in [-0.15, -0.1) is 0 Å². The largest absolute Gasteiger partial charge is 0.481 e. The van der Waals surface area contributed by atoms with Gasteiger partial charge in [-0.05, 0) is 26.8 Å². The van der Waals surface area contributed by atoms with E-state index in [9.17, 15) is 4.79 Å². The Labute approximate surface area is 113 Å². The summed E-state index contributed by atoms with van der Waals surface area (Å²) in [4.78, 5) is 10.7. The maximum atomic E-state index is 10.7. The molecule has 0 aliphatic carbocycles. The van der Waals surface area contributed by atoms with Crippen molar-refractivity contribution < 1.29 is 9.90 Å². The van der Waals surface area contributed by atoms with Gasteiger partial charge in [0.25, 0.3) is 0 Å². The van der Waals surface area contributed by atoms with E-state index in [0.29, 0.717) is 0 Å². The molecule has 1 heterocycles. The molecule has 1 aromatic rings. The smallest absolute Gasteiger partial charge is 0.313 e. The topological polar surface area (TPSA) is 55.1 Å². The lowest BCUT2D eigenvalue weighted by Crippen LogP contribution is -2.25. The minimum atomic E-state index is -0.807. The van der Waals surface area contributed by atoms with Crippen molar-refractivity contribution in [2.75, 3.05) is 5.75 Å². The van der Waals surface area contributed by atoms with Crippen LogP contribution < -0.4 is 0 Å². The van der Waals surface area contributed by atoms with Crippen molar-refractivity contribution in [1.82, 2.24) is 9.78 Å². The van der Waals surface area contributed by atoms with E-state index in [4.69, 9.17) is 5.11 Å². The molecule has 0 atom stereocenters. The summed E-state index contributed by atoms with van der Waals surface area (Å²) in [5.41, 5.74) is 0.810. The quantitative estimate of drug-likeness (QED) is 0.857. The highest BCUT2D eigenvalue weighted by Gasteiger charge is 2.25. The van der Waals surface area contributed by atoms with Gasteiger partial charge in [0.05, 0.1) is 22.0 Å². The Kier molecular flexibility index (Phi) is 4.15. The number of carbonyl (C=O) groups is 1. The average Bonchev–Trinajstić information content (AvgIpc) is 2.56. The summed E-state index contributed by atoms with van der Waals surface area (Å²) < 4.78 is 1.92. The predicted octanol–water partition coefficient (Wildman–Crippen LogP) is 3.11. The van der Waals surface area contributed by atoms with Crippen LogP contribution in [0.4, 0.5) is 0 Å². The van der Waals surface area contributed by atoms with Crippen LogP contribution in [0.1, 0.15) is 47.2 Å². The van der Waals surface area contributed by atoms with E-state index in [2.05, 4.69) is 46.6 Å². The van der Waals surface area contributed by atoms with E-state index >= 15 is 0 Å². The molecule has 102 valence electrons. The van der Waals surface area contributed by atoms with Crippen LogP contribution in [0.2, 0.25) is 0 Å². The predicted molar refractivity (Wildman–Crippen MR) is 74.3 cm³/mol. The lowest BCUT2D eigenvalue weighted by molar-refractivity contribution is -0.133. The van der Waals surface area contributed by atoms with Crippen molar-refractivity contribution in [3.05, 3.63) is 11.8 Å². The number of aliphatic carboxylic acids is 1. The van der Waals surface area contributed by atoms with Crippen LogP contribution in [0, 0.1) is 0 Å². The Hall–Kier alpha value is -0.970. The maximum absolute atomic E-state index is 10.7. The van der Waals surface area contributed by atoms with Gasteiger partial charge < -0.3 is 5.11 Å². The van der Waals surface area contributed by atoms with E-state index in [0.717, 1.165) is 10.7 Å². The van der Waals surface area contributed by atoms with Gasteiger partial charge in [0, 0.05) is 5.41 Å². The van der Waals surface area contributed by atoms with E-state index in [1.54, 1.807) is 0 Å². The number of hydrogen-bond acceptors (Lipinski definition) is 3. The molecule has 0 radical (unpaired) electrons. The zero-order valence-electron chi connectivity index (χ0n) is 11.9. The highest BCUT2D eigenvalue weighted by Crippen LogP contribution is 2.30. The Balaban J connectivity index is 3.14. The molecule has 0 bridgehead atoms. The summed E-state index contributed by atoms with van der Waals surface area (Å²) in [6.45, 7) is 12.5. The number of nitrogens with zero attached hydrogens (tertiary/aromatic N) is 2. The highest BCUT2D eigenvalue weighted by atomic mass is 32.2. The van der Waals surface area contributed by atoms with Crippen LogP contribution in [0.15, 0.2) is 11.1 Å². The molecule has 18 heavy (non-hydrogen) atoms. The van der Waals surface area contributed by atoms with Crippen LogP contribution in [-0.4, -0.2) is 26.6 Å². The second-order valence-electron chi connectivity index (χ2n) is 6.38. The summed E-state index contributed by atoms with van der Waals surface area (Å²) in [5.74, 6) is -0.746. The molecule has 0 aromatic carbocycles. The van der Waals surface area contributed by atoms with Gasteiger partial charge in [-0.3, -0.25) is 9.48 Å². The molecular weight excluding hydrogens is 248 g/mol. The summed E-state index contributed by atoms with van der Waals surface area (Å²) in [6, 6.07) is 2.00. The molecule has 0 aliphatic rings. The van der Waals surface area contributed by atoms with Crippen molar-refractivity contribution in [3.8, 4) is 0 Å². The maximum Gasteiger partial charge on any atom is 0.313 e. The van der Waals surface area contributed by atoms with Gasteiger partial charge in [-0.2, -0.15) is 5.10 Å². The third kappa shape index (κ3) is 3.77. The third-order valence-electron chi connectivity index (χ3n) is 2.42. The minimum absolute atomic E-state index is 0.0327. The zero-order valence-corrected chi connectivity index (χ0v) is 12.8. The third-order valence-corrected chi connectivity index (χ3v) is 3.40. The molecule has 1 aromatic heterocycles. The zero-order chi connectivity index (χ0) is 14.1. The first kappa shape index (κ1) is 15.1. The van der Waals surface area contributed by atoms with Gasteiger partial charge in [-0.25, -0.2) is 0 Å². The van der Waals surface area contributed by atoms with Crippen molar-refractivity contribution >= 4 is 17.7 Å². The monoisotopic (exact) mass is 270 g/mol. The lowest BCUT2D eigenvalue weighted by Gasteiger charge is -2.22. The van der Waals surface area contributed by atoms with Crippen LogP contribution in [0.25, 0.3) is 0 Å². The molecule has 4 nitrogen and oxygen atoms in total. The fourth-order valence-electron chi connectivity index (χ4n) is 1.45. The van der Waals surface area contributed by atoms with E-state index in [-0.39, 0.29) is 16.7 Å². The van der Waals surface area contributed by atoms with Crippen LogP contribution in [-0.2, 0) is 15.7 Å². The molecule has 1 rings (SSSR count). The normalized spacial score (nSPS) is 12.8. The molecule has 5 heteroatoms. The summed E-state index contributed by atoms with van der Waals surface area (Å²) in [5, 5.41) is 14.3. The van der Waals surface area contributed by atoms with E-state index in [1.165, 1.54) is 11.8 Å². The number of rotatable bonds is 3. The molecule has 0 spiro atoms. The average molecular weight is 270 g/mol. The summed E-state index contributed by atoms with van der Waals surface area (Å²) in [6.07, 6.45) is 0. The first-order valence-electron chi connectivity index (χ1n) is 5.97. The van der Waals surface area contributed by atoms with Crippen LogP contribution in [0.5, 0.6) is 0 Å². The van der Waals surface area contributed by atoms with Gasteiger partial charge >= 0.3 is 5.97 Å². The molecule has 0 amide bonds. The fraction of sp³-hybridized carbons (Fsp3) is 0.692. The van der Waals surface area contributed by atoms with Crippen molar-refractivity contribution in [3.63, 3.8) is 0 Å². The molecule has 1 N–H and O–H groups in total. The number of carboxylic acid groups (broad SMARTS) is 1. The Morgan fingerprint density at radius 3 is 2.28 bits per heavy atom. The number of hydrogen-bond donors (Lipinski definition) is 1. The molecule has 0 saturated heterocycles. The standard InChI is InChI=1S/C13H22N2O2S/c1-12(2,3)9-7-10(18-8-11(16)17)15(14-9)13(4,5)6/h7H,8H2,1-6H3,(H,16,17). The summed E-state index contributed by atoms with van der Waals surface area (Å²) in [7, 11) is 0. The van der Waals surface area contributed by atoms with Gasteiger partial charge in [0.1, 0.15) is 0 Å². The second kappa shape index (κ2) is 4.96. The first-order valence-corrected chi connectivity index (χ1v) is 6.96. The molecular formula is C13H22N2O2S. The highest BCUT2D eigenvalue weighted by molar-refractivity contribution is 7.99.